The van der Waals surface area contributed by atoms with Gasteiger partial charge in [-0.05, 0) is 0 Å². The minimum absolute atomic E-state index is 0.472. The Morgan fingerprint density at radius 3 is 1.56 bits per heavy atom. The van der Waals surface area contributed by atoms with Crippen LogP contribution in [0.3, 0.4) is 0 Å². The second kappa shape index (κ2) is 2.60. The molecule has 0 aromatic carbocycles. The monoisotopic (exact) mass is 129 g/mol. The Morgan fingerprint density at radius 2 is 1.56 bits per heavy atom. The van der Waals surface area contributed by atoms with Crippen LogP contribution in [0.2, 0.25) is 0 Å². The van der Waals surface area contributed by atoms with Crippen LogP contribution in [-0.4, -0.2) is 16.9 Å². The molecule has 0 atom stereocenters. The molecule has 7 heteroatoms. The number of rotatable bonds is 1. The fraction of sp³-hybridized carbons (Fsp3) is 0. The van der Waals surface area contributed by atoms with Gasteiger partial charge in [0.05, 0.1) is 0 Å². The third kappa shape index (κ3) is 1.72. The van der Waals surface area contributed by atoms with Crippen molar-refractivity contribution in [1.82, 2.24) is 5.01 Å². The molecular weight excluding hydrogens is 122 g/mol. The van der Waals surface area contributed by atoms with E-state index in [1.807, 2.05) is 0 Å². The van der Waals surface area contributed by atoms with Crippen LogP contribution in [0.5, 0.6) is 0 Å². The molecule has 0 amide bonds. The van der Waals surface area contributed by atoms with Crippen LogP contribution in [0, 0.1) is 16.3 Å². The van der Waals surface area contributed by atoms with E-state index in [4.69, 9.17) is 27.8 Å². The topological polar surface area (TPSA) is 139 Å². The van der Waals surface area contributed by atoms with E-state index >= 15 is 0 Å². The number of hydrogen-bond acceptors (Lipinski definition) is 4. The molecule has 0 rings (SSSR count). The van der Waals surface area contributed by atoms with Gasteiger partial charge in [0, 0.05) is 0 Å². The van der Waals surface area contributed by atoms with Gasteiger partial charge in [0.2, 0.25) is 11.9 Å². The third-order valence-electron chi connectivity index (χ3n) is 0.556. The van der Waals surface area contributed by atoms with Crippen molar-refractivity contribution in [3.8, 4) is 0 Å². The highest BCUT2D eigenvalue weighted by molar-refractivity contribution is 5.93. The molecule has 0 heterocycles. The predicted molar refractivity (Wildman–Crippen MR) is 30.8 cm³/mol. The zero-order valence-corrected chi connectivity index (χ0v) is 4.55. The van der Waals surface area contributed by atoms with Gasteiger partial charge in [0.1, 0.15) is 0 Å². The molecule has 9 heavy (non-hydrogen) atoms. The molecule has 0 spiro atoms. The molecule has 7 N–H and O–H groups in total. The number of hydrogen-bond donors (Lipinski definition) is 5. The summed E-state index contributed by atoms with van der Waals surface area (Å²) in [4.78, 5) is 0. The first-order valence-electron chi connectivity index (χ1n) is 1.95. The number of nitrogens with one attached hydrogen (secondary N) is 3. The Kier molecular flexibility index (Phi) is 2.12. The van der Waals surface area contributed by atoms with Gasteiger partial charge in [-0.3, -0.25) is 10.8 Å². The summed E-state index contributed by atoms with van der Waals surface area (Å²) in [5, 5.41) is 16.4. The highest BCUT2D eigenvalue weighted by atomic mass is 15.6. The number of nitrogens with two attached hydrogens (primary N) is 2. The van der Waals surface area contributed by atoms with Crippen LogP contribution in [-0.2, 0) is 0 Å². The molecule has 0 radical (unpaired) electrons. The van der Waals surface area contributed by atoms with E-state index in [2.05, 4.69) is 5.22 Å². The lowest BCUT2D eigenvalue weighted by Crippen LogP contribution is -2.40. The summed E-state index contributed by atoms with van der Waals surface area (Å²) in [5.74, 6) is -1.09. The lowest BCUT2D eigenvalue weighted by atomic mass is 10.8. The van der Waals surface area contributed by atoms with Gasteiger partial charge in [-0.25, -0.2) is 0 Å². The maximum atomic E-state index is 6.65. The van der Waals surface area contributed by atoms with Crippen LogP contribution < -0.4 is 11.5 Å². The van der Waals surface area contributed by atoms with E-state index in [1.165, 1.54) is 0 Å². The normalized spacial score (nSPS) is 8.00. The Bertz CT molecular complexity index is 133. The Morgan fingerprint density at radius 1 is 1.22 bits per heavy atom. The SMILES string of the molecule is N=NN(C(=N)N)C(=N)N. The van der Waals surface area contributed by atoms with Crippen molar-refractivity contribution in [1.29, 1.82) is 16.3 Å². The Hall–Kier alpha value is -1.66. The van der Waals surface area contributed by atoms with Gasteiger partial charge in [0.15, 0.2) is 0 Å². The molecule has 0 saturated carbocycles. The molecular formula is C2H7N7. The van der Waals surface area contributed by atoms with Gasteiger partial charge in [-0.2, -0.15) is 5.53 Å². The minimum atomic E-state index is -0.544. The average Bonchev–Trinajstić information content (AvgIpc) is 1.64. The van der Waals surface area contributed by atoms with Crippen molar-refractivity contribution < 1.29 is 0 Å². The second-order valence-corrected chi connectivity index (χ2v) is 1.18. The predicted octanol–water partition coefficient (Wildman–Crippen LogP) is -0.979. The Labute approximate surface area is 51.1 Å². The fourth-order valence-corrected chi connectivity index (χ4v) is 0.238. The quantitative estimate of drug-likeness (QED) is 0.134. The zero-order chi connectivity index (χ0) is 7.44. The standard InChI is InChI=1S/C2H7N7/c3-1(4)9(8-7)2(5)6/h7H,(H3,3,4)(H3,5,6). The molecule has 50 valence electrons. The summed E-state index contributed by atoms with van der Waals surface area (Å²) >= 11 is 0. The summed E-state index contributed by atoms with van der Waals surface area (Å²) in [7, 11) is 0. The van der Waals surface area contributed by atoms with Crippen LogP contribution in [0.25, 0.3) is 0 Å². The lowest BCUT2D eigenvalue weighted by molar-refractivity contribution is 0.566. The molecule has 0 aromatic heterocycles. The minimum Gasteiger partial charge on any atom is -0.368 e. The van der Waals surface area contributed by atoms with E-state index in [1.54, 1.807) is 0 Å². The smallest absolute Gasteiger partial charge is 0.218 e. The molecule has 0 fully saturated rings. The molecule has 7 nitrogen and oxygen atoms in total. The molecule has 0 aromatic rings. The molecule has 0 aliphatic heterocycles. The highest BCUT2D eigenvalue weighted by Crippen LogP contribution is 1.82. The summed E-state index contributed by atoms with van der Waals surface area (Å²) in [6.07, 6.45) is 0. The average molecular weight is 129 g/mol. The summed E-state index contributed by atoms with van der Waals surface area (Å²) in [6.45, 7) is 0. The first-order chi connectivity index (χ1) is 4.09. The van der Waals surface area contributed by atoms with Crippen molar-refractivity contribution in [2.45, 2.75) is 0 Å². The van der Waals surface area contributed by atoms with Crippen LogP contribution in [0.15, 0.2) is 5.22 Å². The molecule has 0 aliphatic rings. The lowest BCUT2D eigenvalue weighted by Gasteiger charge is -2.09. The highest BCUT2D eigenvalue weighted by Gasteiger charge is 2.05. The molecule has 0 aliphatic carbocycles. The van der Waals surface area contributed by atoms with Gasteiger partial charge in [0.25, 0.3) is 0 Å². The van der Waals surface area contributed by atoms with Gasteiger partial charge in [-0.15, -0.1) is 5.01 Å². The summed E-state index contributed by atoms with van der Waals surface area (Å²) < 4.78 is 0. The molecule has 0 bridgehead atoms. The summed E-state index contributed by atoms with van der Waals surface area (Å²) in [5.41, 5.74) is 16.0. The zero-order valence-electron chi connectivity index (χ0n) is 4.55. The van der Waals surface area contributed by atoms with Gasteiger partial charge >= 0.3 is 0 Å². The first-order valence-corrected chi connectivity index (χ1v) is 1.95. The van der Waals surface area contributed by atoms with E-state index in [9.17, 15) is 0 Å². The number of guanidine groups is 2. The van der Waals surface area contributed by atoms with Crippen molar-refractivity contribution in [2.24, 2.45) is 16.7 Å². The first kappa shape index (κ1) is 7.34. The van der Waals surface area contributed by atoms with Crippen LogP contribution >= 0.6 is 0 Å². The molecule has 0 saturated heterocycles. The number of nitrogens with zero attached hydrogens (tertiary/aromatic N) is 2. The van der Waals surface area contributed by atoms with Crippen molar-refractivity contribution >= 4 is 11.9 Å². The van der Waals surface area contributed by atoms with E-state index < -0.39 is 11.9 Å². The van der Waals surface area contributed by atoms with E-state index in [0.717, 1.165) is 0 Å². The maximum Gasteiger partial charge on any atom is 0.218 e. The van der Waals surface area contributed by atoms with Crippen LogP contribution in [0.1, 0.15) is 0 Å². The largest absolute Gasteiger partial charge is 0.368 e. The van der Waals surface area contributed by atoms with Crippen LogP contribution in [0.4, 0.5) is 0 Å². The third-order valence-corrected chi connectivity index (χ3v) is 0.556. The second-order valence-electron chi connectivity index (χ2n) is 1.18. The summed E-state index contributed by atoms with van der Waals surface area (Å²) in [6, 6.07) is 0. The fourth-order valence-electron chi connectivity index (χ4n) is 0.238. The molecule has 0 unspecified atom stereocenters. The van der Waals surface area contributed by atoms with Crippen molar-refractivity contribution in [3.05, 3.63) is 0 Å². The van der Waals surface area contributed by atoms with Gasteiger partial charge < -0.3 is 11.5 Å². The van der Waals surface area contributed by atoms with Crippen molar-refractivity contribution in [3.63, 3.8) is 0 Å². The van der Waals surface area contributed by atoms with E-state index in [-0.39, 0.29) is 0 Å². The maximum absolute atomic E-state index is 6.65. The van der Waals surface area contributed by atoms with E-state index in [0.29, 0.717) is 5.01 Å². The van der Waals surface area contributed by atoms with Crippen molar-refractivity contribution in [2.75, 3.05) is 0 Å². The van der Waals surface area contributed by atoms with Gasteiger partial charge in [-0.1, -0.05) is 5.22 Å². The Balaban J connectivity index is 4.16.